The molecule has 3 aromatic carbocycles. The molecule has 0 aromatic heterocycles. The third kappa shape index (κ3) is 4.41. The van der Waals surface area contributed by atoms with Crippen LogP contribution in [0.4, 0.5) is 0 Å². The van der Waals surface area contributed by atoms with Crippen molar-refractivity contribution in [1.29, 1.82) is 0 Å². The maximum atomic E-state index is 14.8. The highest BCUT2D eigenvalue weighted by molar-refractivity contribution is 8.04. The molecule has 0 atom stereocenters. The van der Waals surface area contributed by atoms with E-state index in [9.17, 15) is 4.57 Å². The van der Waals surface area contributed by atoms with Gasteiger partial charge in [-0.2, -0.15) is 0 Å². The second-order valence-electron chi connectivity index (χ2n) is 7.64. The molecule has 30 heavy (non-hydrogen) atoms. The van der Waals surface area contributed by atoms with Crippen LogP contribution in [0.3, 0.4) is 0 Å². The van der Waals surface area contributed by atoms with Gasteiger partial charge >= 0.3 is 0 Å². The molecule has 0 unspecified atom stereocenters. The Morgan fingerprint density at radius 1 is 0.700 bits per heavy atom. The van der Waals surface area contributed by atoms with Crippen molar-refractivity contribution >= 4 is 29.5 Å². The lowest BCUT2D eigenvalue weighted by atomic mass is 9.94. The molecule has 0 amide bonds. The summed E-state index contributed by atoms with van der Waals surface area (Å²) < 4.78 is 14.8. The number of rotatable bonds is 6. The highest BCUT2D eigenvalue weighted by Crippen LogP contribution is 2.58. The van der Waals surface area contributed by atoms with Gasteiger partial charge in [0.25, 0.3) is 0 Å². The Morgan fingerprint density at radius 3 is 1.67 bits per heavy atom. The van der Waals surface area contributed by atoms with Gasteiger partial charge in [-0.3, -0.25) is 0 Å². The fraction of sp³-hybridized carbons (Fsp3) is 0.185. The van der Waals surface area contributed by atoms with E-state index in [-0.39, 0.29) is 0 Å². The van der Waals surface area contributed by atoms with Gasteiger partial charge in [0.1, 0.15) is 0 Å². The summed E-state index contributed by atoms with van der Waals surface area (Å²) >= 11 is 1.73. The zero-order valence-corrected chi connectivity index (χ0v) is 18.9. The van der Waals surface area contributed by atoms with Crippen LogP contribution in [-0.4, -0.2) is 0 Å². The molecule has 3 heteroatoms. The van der Waals surface area contributed by atoms with Crippen molar-refractivity contribution < 1.29 is 4.57 Å². The van der Waals surface area contributed by atoms with Crippen LogP contribution in [0.1, 0.15) is 32.1 Å². The first-order chi connectivity index (χ1) is 14.7. The van der Waals surface area contributed by atoms with Gasteiger partial charge < -0.3 is 4.57 Å². The maximum Gasteiger partial charge on any atom is 0.171 e. The minimum atomic E-state index is -3.05. The topological polar surface area (TPSA) is 17.1 Å². The molecule has 0 heterocycles. The molecule has 0 spiro atoms. The first kappa shape index (κ1) is 21.0. The average Bonchev–Trinajstić information content (AvgIpc) is 2.84. The fourth-order valence-corrected chi connectivity index (χ4v) is 8.09. The lowest BCUT2D eigenvalue weighted by Gasteiger charge is -2.27. The molecule has 0 N–H and O–H groups in total. The van der Waals surface area contributed by atoms with E-state index in [1.54, 1.807) is 11.8 Å². The summed E-state index contributed by atoms with van der Waals surface area (Å²) in [6.07, 6.45) is 5.80. The van der Waals surface area contributed by atoms with E-state index < -0.39 is 7.14 Å². The van der Waals surface area contributed by atoms with Crippen LogP contribution in [0.15, 0.2) is 118 Å². The fourth-order valence-electron chi connectivity index (χ4n) is 4.03. The molecule has 4 rings (SSSR count). The first-order valence-corrected chi connectivity index (χ1v) is 13.1. The van der Waals surface area contributed by atoms with Gasteiger partial charge in [-0.1, -0.05) is 109 Å². The molecule has 1 aliphatic rings. The van der Waals surface area contributed by atoms with Gasteiger partial charge in [-0.05, 0) is 37.8 Å². The summed E-state index contributed by atoms with van der Waals surface area (Å²) in [6.45, 7) is 4.51. The lowest BCUT2D eigenvalue weighted by molar-refractivity contribution is 0.589. The zero-order valence-electron chi connectivity index (χ0n) is 17.2. The van der Waals surface area contributed by atoms with Gasteiger partial charge in [0, 0.05) is 25.7 Å². The second kappa shape index (κ2) is 9.69. The van der Waals surface area contributed by atoms with E-state index in [4.69, 9.17) is 0 Å². The molecule has 1 fully saturated rings. The van der Waals surface area contributed by atoms with Crippen molar-refractivity contribution in [1.82, 2.24) is 0 Å². The normalized spacial score (nSPS) is 14.3. The molecule has 1 aliphatic carbocycles. The number of thioether (sulfide) groups is 1. The van der Waals surface area contributed by atoms with Crippen LogP contribution in [0, 0.1) is 0 Å². The third-order valence-corrected chi connectivity index (χ3v) is 10.1. The van der Waals surface area contributed by atoms with Gasteiger partial charge in [-0.15, -0.1) is 0 Å². The van der Waals surface area contributed by atoms with Crippen molar-refractivity contribution in [2.75, 3.05) is 0 Å². The molecule has 0 aliphatic heterocycles. The molecular formula is C27H27OPS. The van der Waals surface area contributed by atoms with Crippen LogP contribution in [0.5, 0.6) is 0 Å². The first-order valence-electron chi connectivity index (χ1n) is 10.6. The van der Waals surface area contributed by atoms with Gasteiger partial charge in [0.05, 0.1) is 0 Å². The molecular weight excluding hydrogens is 403 g/mol. The molecule has 3 aromatic rings. The van der Waals surface area contributed by atoms with Crippen LogP contribution in [0.25, 0.3) is 0 Å². The smallest absolute Gasteiger partial charge is 0.171 e. The largest absolute Gasteiger partial charge is 0.309 e. The lowest BCUT2D eigenvalue weighted by Crippen LogP contribution is -2.18. The van der Waals surface area contributed by atoms with Crippen molar-refractivity contribution in [3.63, 3.8) is 0 Å². The van der Waals surface area contributed by atoms with Crippen LogP contribution >= 0.6 is 18.9 Å². The molecule has 0 radical (unpaired) electrons. The van der Waals surface area contributed by atoms with E-state index >= 15 is 0 Å². The monoisotopic (exact) mass is 430 g/mol. The summed E-state index contributed by atoms with van der Waals surface area (Å²) in [5.41, 5.74) is 1.41. The summed E-state index contributed by atoms with van der Waals surface area (Å²) in [7, 11) is -3.05. The van der Waals surface area contributed by atoms with E-state index in [1.807, 2.05) is 66.7 Å². The standard InChI is InChI=1S/C27H27OPS/c1-22(27(23-14-6-2-7-15-23)30-26-20-12-5-13-21-26)29(28,24-16-8-3-9-17-24)25-18-10-4-11-19-25/h3-5,8-13,16-21H,1-2,6-7,14-15H2. The third-order valence-electron chi connectivity index (χ3n) is 5.62. The molecule has 0 saturated heterocycles. The predicted octanol–water partition coefficient (Wildman–Crippen LogP) is 7.52. The predicted molar refractivity (Wildman–Crippen MR) is 131 cm³/mol. The average molecular weight is 431 g/mol. The van der Waals surface area contributed by atoms with Crippen LogP contribution < -0.4 is 10.6 Å². The van der Waals surface area contributed by atoms with Crippen molar-refractivity contribution in [3.05, 3.63) is 113 Å². The van der Waals surface area contributed by atoms with E-state index in [0.29, 0.717) is 0 Å². The maximum absolute atomic E-state index is 14.8. The number of benzene rings is 3. The Hall–Kier alpha value is -2.28. The van der Waals surface area contributed by atoms with Crippen molar-refractivity contribution in [3.8, 4) is 0 Å². The Balaban J connectivity index is 1.86. The zero-order chi connectivity index (χ0) is 20.8. The molecule has 152 valence electrons. The summed E-state index contributed by atoms with van der Waals surface area (Å²) in [6, 6.07) is 30.1. The van der Waals surface area contributed by atoms with Crippen molar-refractivity contribution in [2.24, 2.45) is 0 Å². The van der Waals surface area contributed by atoms with Crippen molar-refractivity contribution in [2.45, 2.75) is 37.0 Å². The van der Waals surface area contributed by atoms with Gasteiger partial charge in [0.15, 0.2) is 7.14 Å². The Labute approximate surface area is 184 Å². The highest BCUT2D eigenvalue weighted by atomic mass is 32.2. The van der Waals surface area contributed by atoms with Gasteiger partial charge in [-0.25, -0.2) is 0 Å². The van der Waals surface area contributed by atoms with E-state index in [0.717, 1.165) is 33.7 Å². The summed E-state index contributed by atoms with van der Waals surface area (Å²) in [5, 5.41) is 2.47. The second-order valence-corrected chi connectivity index (χ2v) is 11.5. The van der Waals surface area contributed by atoms with Gasteiger partial charge in [0.2, 0.25) is 0 Å². The Kier molecular flexibility index (Phi) is 6.77. The number of allylic oxidation sites excluding steroid dienone is 2. The Bertz CT molecular complexity index is 1020. The number of hydrogen-bond acceptors (Lipinski definition) is 2. The minimum absolute atomic E-state index is 0.769. The quantitative estimate of drug-likeness (QED) is 0.297. The Morgan fingerprint density at radius 2 is 1.17 bits per heavy atom. The summed E-state index contributed by atoms with van der Waals surface area (Å²) in [4.78, 5) is 2.29. The molecule has 1 saturated carbocycles. The number of hydrogen-bond donors (Lipinski definition) is 0. The van der Waals surface area contributed by atoms with E-state index in [1.165, 1.54) is 29.7 Å². The molecule has 1 nitrogen and oxygen atoms in total. The van der Waals surface area contributed by atoms with Crippen LogP contribution in [-0.2, 0) is 4.57 Å². The minimum Gasteiger partial charge on any atom is -0.309 e. The van der Waals surface area contributed by atoms with E-state index in [2.05, 4.69) is 30.8 Å². The SMILES string of the molecule is C=C(C(Sc1ccccc1)=C1CCCCC1)P(=O)(c1ccccc1)c1ccccc1. The highest BCUT2D eigenvalue weighted by Gasteiger charge is 2.34. The van der Waals surface area contributed by atoms with Crippen LogP contribution in [0.2, 0.25) is 0 Å². The molecule has 0 bridgehead atoms. The summed E-state index contributed by atoms with van der Waals surface area (Å²) in [5.74, 6) is 0.